The van der Waals surface area contributed by atoms with Crippen molar-refractivity contribution in [1.29, 1.82) is 5.26 Å². The van der Waals surface area contributed by atoms with Gasteiger partial charge in [0.05, 0.1) is 21.7 Å². The number of aromatic amines is 1. The van der Waals surface area contributed by atoms with Crippen LogP contribution in [-0.4, -0.2) is 14.9 Å². The Labute approximate surface area is 166 Å². The number of nitro benzene ring substituents is 1. The minimum Gasteiger partial charge on any atom is -0.381 e. The quantitative estimate of drug-likeness (QED) is 0.376. The number of hydrogen-bond acceptors (Lipinski definition) is 5. The number of anilines is 1. The molecule has 0 fully saturated rings. The van der Waals surface area contributed by atoms with Gasteiger partial charge in [-0.05, 0) is 23.8 Å². The molecule has 0 saturated carbocycles. The predicted octanol–water partition coefficient (Wildman–Crippen LogP) is 4.68. The first-order valence-electron chi connectivity index (χ1n) is 8.42. The Morgan fingerprint density at radius 2 is 1.87 bits per heavy atom. The molecule has 148 valence electrons. The summed E-state index contributed by atoms with van der Waals surface area (Å²) in [5.41, 5.74) is 5.24. The lowest BCUT2D eigenvalue weighted by molar-refractivity contribution is -0.384. The molecule has 4 rings (SSSR count). The number of H-pyrrole nitrogens is 1. The summed E-state index contributed by atoms with van der Waals surface area (Å²) in [7, 11) is 0. The third-order valence-corrected chi connectivity index (χ3v) is 4.60. The summed E-state index contributed by atoms with van der Waals surface area (Å²) in [5, 5.41) is 20.7. The molecule has 7 nitrogen and oxygen atoms in total. The number of nitrogens with zero attached hydrogens (tertiary/aromatic N) is 3. The van der Waals surface area contributed by atoms with Crippen molar-refractivity contribution in [3.05, 3.63) is 75.7 Å². The molecule has 0 atom stereocenters. The van der Waals surface area contributed by atoms with E-state index in [2.05, 4.69) is 9.97 Å². The molecule has 0 unspecified atom stereocenters. The van der Waals surface area contributed by atoms with E-state index in [1.807, 2.05) is 6.07 Å². The van der Waals surface area contributed by atoms with E-state index >= 15 is 0 Å². The van der Waals surface area contributed by atoms with Crippen LogP contribution in [0.4, 0.5) is 24.7 Å². The number of benzene rings is 2. The van der Waals surface area contributed by atoms with Gasteiger partial charge in [-0.2, -0.15) is 5.26 Å². The second kappa shape index (κ2) is 6.89. The summed E-state index contributed by atoms with van der Waals surface area (Å²) in [5.74, 6) is -3.21. The summed E-state index contributed by atoms with van der Waals surface area (Å²) in [6.45, 7) is 0. The summed E-state index contributed by atoms with van der Waals surface area (Å²) < 4.78 is 42.7. The molecular weight excluding hydrogens is 399 g/mol. The number of rotatable bonds is 3. The Morgan fingerprint density at radius 3 is 2.50 bits per heavy atom. The minimum atomic E-state index is -0.985. The topological polar surface area (TPSA) is 122 Å². The highest BCUT2D eigenvalue weighted by Gasteiger charge is 2.24. The Bertz CT molecular complexity index is 1370. The Balaban J connectivity index is 2.02. The lowest BCUT2D eigenvalue weighted by atomic mass is 9.95. The van der Waals surface area contributed by atoms with Gasteiger partial charge in [0.25, 0.3) is 5.69 Å². The van der Waals surface area contributed by atoms with Crippen molar-refractivity contribution >= 4 is 22.4 Å². The van der Waals surface area contributed by atoms with Gasteiger partial charge in [0.1, 0.15) is 17.7 Å². The second-order valence-corrected chi connectivity index (χ2v) is 6.34. The molecule has 0 aliphatic rings. The second-order valence-electron chi connectivity index (χ2n) is 6.34. The molecule has 0 radical (unpaired) electrons. The molecule has 10 heteroatoms. The number of nitrogens with one attached hydrogen (secondary N) is 1. The Morgan fingerprint density at radius 1 is 1.17 bits per heavy atom. The normalized spacial score (nSPS) is 10.9. The molecule has 2 aromatic heterocycles. The van der Waals surface area contributed by atoms with Gasteiger partial charge in [-0.15, -0.1) is 0 Å². The van der Waals surface area contributed by atoms with E-state index in [1.165, 1.54) is 18.3 Å². The van der Waals surface area contributed by atoms with Gasteiger partial charge in [-0.1, -0.05) is 0 Å². The number of nitriles is 1. The fourth-order valence-electron chi connectivity index (χ4n) is 3.26. The number of aromatic nitrogens is 2. The van der Waals surface area contributed by atoms with Gasteiger partial charge in [0, 0.05) is 40.9 Å². The van der Waals surface area contributed by atoms with Crippen molar-refractivity contribution in [2.24, 2.45) is 0 Å². The van der Waals surface area contributed by atoms with Gasteiger partial charge >= 0.3 is 0 Å². The van der Waals surface area contributed by atoms with Gasteiger partial charge in [-0.25, -0.2) is 18.2 Å². The highest BCUT2D eigenvalue weighted by atomic mass is 19.1. The maximum atomic E-state index is 14.9. The molecule has 2 heterocycles. The van der Waals surface area contributed by atoms with Crippen molar-refractivity contribution in [3.63, 3.8) is 0 Å². The molecule has 30 heavy (non-hydrogen) atoms. The molecule has 0 saturated heterocycles. The van der Waals surface area contributed by atoms with Crippen molar-refractivity contribution in [3.8, 4) is 28.5 Å². The van der Waals surface area contributed by atoms with E-state index in [0.717, 1.165) is 18.2 Å². The van der Waals surface area contributed by atoms with E-state index in [-0.39, 0.29) is 44.5 Å². The maximum absolute atomic E-state index is 14.9. The summed E-state index contributed by atoms with van der Waals surface area (Å²) in [6, 6.07) is 8.46. The minimum absolute atomic E-state index is 0.0168. The molecule has 0 aliphatic heterocycles. The largest absolute Gasteiger partial charge is 0.381 e. The zero-order valence-electron chi connectivity index (χ0n) is 14.9. The lowest BCUT2D eigenvalue weighted by Gasteiger charge is -2.12. The first-order valence-corrected chi connectivity index (χ1v) is 8.42. The van der Waals surface area contributed by atoms with Crippen LogP contribution in [0.3, 0.4) is 0 Å². The van der Waals surface area contributed by atoms with Gasteiger partial charge in [0.15, 0.2) is 11.6 Å². The van der Waals surface area contributed by atoms with Crippen LogP contribution in [0.25, 0.3) is 33.3 Å². The summed E-state index contributed by atoms with van der Waals surface area (Å²) in [4.78, 5) is 16.8. The van der Waals surface area contributed by atoms with Crippen molar-refractivity contribution in [1.82, 2.24) is 9.97 Å². The molecule has 0 spiro atoms. The number of fused-ring (bicyclic) bond motifs is 1. The maximum Gasteiger partial charge on any atom is 0.269 e. The predicted molar refractivity (Wildman–Crippen MR) is 103 cm³/mol. The highest BCUT2D eigenvalue weighted by Crippen LogP contribution is 2.38. The highest BCUT2D eigenvalue weighted by molar-refractivity contribution is 5.98. The van der Waals surface area contributed by atoms with Gasteiger partial charge in [-0.3, -0.25) is 10.1 Å². The summed E-state index contributed by atoms with van der Waals surface area (Å²) in [6.07, 6.45) is 1.31. The SMILES string of the molecule is N#Cc1c(-c2c[nH]c3c(F)cc(F)cc23)nc(N)c(F)c1-c1ccc([N+](=O)[O-])cc1. The lowest BCUT2D eigenvalue weighted by Crippen LogP contribution is -2.04. The molecular formula is C20H10F3N5O2. The Hall–Kier alpha value is -4.39. The van der Waals surface area contributed by atoms with Crippen LogP contribution in [0.1, 0.15) is 5.56 Å². The number of pyridine rings is 1. The van der Waals surface area contributed by atoms with Crippen LogP contribution in [0.15, 0.2) is 42.6 Å². The smallest absolute Gasteiger partial charge is 0.269 e. The average molecular weight is 409 g/mol. The van der Waals surface area contributed by atoms with E-state index in [0.29, 0.717) is 6.07 Å². The molecule has 0 amide bonds. The van der Waals surface area contributed by atoms with Crippen LogP contribution in [0.2, 0.25) is 0 Å². The standard InChI is InChI=1S/C20H10F3N5O2/c21-10-5-12-14(8-26-19(12)15(22)6-10)18-13(7-24)16(17(23)20(25)27-18)9-1-3-11(4-2-9)28(29)30/h1-6,8,26H,(H2,25,27). The first-order chi connectivity index (χ1) is 14.3. The monoisotopic (exact) mass is 409 g/mol. The zero-order chi connectivity index (χ0) is 21.6. The molecule has 3 N–H and O–H groups in total. The number of hydrogen-bond donors (Lipinski definition) is 2. The Kier molecular flexibility index (Phi) is 4.35. The van der Waals surface area contributed by atoms with Crippen molar-refractivity contribution in [2.45, 2.75) is 0 Å². The average Bonchev–Trinajstić information content (AvgIpc) is 3.13. The van der Waals surface area contributed by atoms with Gasteiger partial charge in [0.2, 0.25) is 0 Å². The van der Waals surface area contributed by atoms with E-state index < -0.39 is 28.2 Å². The number of nitrogens with two attached hydrogens (primary N) is 1. The molecule has 0 aliphatic carbocycles. The van der Waals surface area contributed by atoms with Gasteiger partial charge < -0.3 is 10.7 Å². The van der Waals surface area contributed by atoms with Crippen molar-refractivity contribution < 1.29 is 18.1 Å². The van der Waals surface area contributed by atoms with Crippen LogP contribution in [0.5, 0.6) is 0 Å². The van der Waals surface area contributed by atoms with E-state index in [9.17, 15) is 28.5 Å². The molecule has 2 aromatic carbocycles. The molecule has 0 bridgehead atoms. The van der Waals surface area contributed by atoms with Crippen LogP contribution in [0, 0.1) is 38.9 Å². The van der Waals surface area contributed by atoms with Crippen LogP contribution < -0.4 is 5.73 Å². The van der Waals surface area contributed by atoms with Crippen molar-refractivity contribution in [2.75, 3.05) is 5.73 Å². The number of non-ortho nitro benzene ring substituents is 1. The molecule has 4 aromatic rings. The fraction of sp³-hybridized carbons (Fsp3) is 0. The van der Waals surface area contributed by atoms with Crippen LogP contribution in [-0.2, 0) is 0 Å². The van der Waals surface area contributed by atoms with Crippen LogP contribution >= 0.6 is 0 Å². The van der Waals surface area contributed by atoms with E-state index in [1.54, 1.807) is 0 Å². The summed E-state index contributed by atoms with van der Waals surface area (Å²) >= 11 is 0. The first kappa shape index (κ1) is 18.9. The fourth-order valence-corrected chi connectivity index (χ4v) is 3.26. The third-order valence-electron chi connectivity index (χ3n) is 4.60. The number of halogens is 3. The van der Waals surface area contributed by atoms with E-state index in [4.69, 9.17) is 5.73 Å². The number of nitro groups is 1. The number of nitrogen functional groups attached to an aromatic ring is 1. The third kappa shape index (κ3) is 2.89. The zero-order valence-corrected chi connectivity index (χ0v) is 14.9.